The third kappa shape index (κ3) is 6.44. The molecule has 2 aromatic carbocycles. The predicted octanol–water partition coefficient (Wildman–Crippen LogP) is 7.50. The van der Waals surface area contributed by atoms with E-state index in [1.54, 1.807) is 17.0 Å². The number of aromatic nitrogens is 1. The number of likely N-dealkylation sites (tertiary alicyclic amines) is 1. The lowest BCUT2D eigenvalue weighted by Crippen LogP contribution is -2.48. The Morgan fingerprint density at radius 2 is 1.73 bits per heavy atom. The molecule has 1 aliphatic rings. The van der Waals surface area contributed by atoms with E-state index in [0.717, 1.165) is 11.6 Å². The Morgan fingerprint density at radius 3 is 2.35 bits per heavy atom. The standard InChI is InChI=1S/C28H30BrF3N2O3/c1-26(2,3)37-25(35)34-14-12-27(13-15-34,19-8-5-4-6-9-19)18-36-17-20-16-22(29)24-21(28(30,31)32)10-7-11-23(24)33-20/h4-11,16H,12-15,17-18H2,1-3H3. The third-order valence-corrected chi connectivity index (χ3v) is 7.16. The number of amides is 1. The first kappa shape index (κ1) is 27.4. The molecular weight excluding hydrogens is 549 g/mol. The molecule has 0 spiro atoms. The zero-order valence-corrected chi connectivity index (χ0v) is 22.7. The van der Waals surface area contributed by atoms with Gasteiger partial charge in [-0.15, -0.1) is 0 Å². The molecule has 1 aliphatic heterocycles. The lowest BCUT2D eigenvalue weighted by atomic mass is 9.73. The minimum atomic E-state index is -4.47. The van der Waals surface area contributed by atoms with E-state index in [-0.39, 0.29) is 29.0 Å². The van der Waals surface area contributed by atoms with E-state index in [2.05, 4.69) is 33.0 Å². The van der Waals surface area contributed by atoms with Crippen LogP contribution in [0.1, 0.15) is 50.4 Å². The summed E-state index contributed by atoms with van der Waals surface area (Å²) in [6.45, 7) is 7.15. The van der Waals surface area contributed by atoms with Crippen molar-refractivity contribution in [3.05, 3.63) is 75.9 Å². The molecule has 1 saturated heterocycles. The second-order valence-electron chi connectivity index (χ2n) is 10.4. The maximum absolute atomic E-state index is 13.5. The molecule has 1 aromatic heterocycles. The fourth-order valence-corrected chi connectivity index (χ4v) is 5.38. The van der Waals surface area contributed by atoms with Gasteiger partial charge in [0.05, 0.1) is 30.0 Å². The first-order chi connectivity index (χ1) is 17.4. The Hall–Kier alpha value is -2.65. The molecule has 1 amide bonds. The lowest BCUT2D eigenvalue weighted by molar-refractivity contribution is -0.136. The Bertz CT molecular complexity index is 1250. The number of carbonyl (C=O) groups excluding carboxylic acids is 1. The van der Waals surface area contributed by atoms with Crippen LogP contribution in [0.3, 0.4) is 0 Å². The summed E-state index contributed by atoms with van der Waals surface area (Å²) in [5.41, 5.74) is 0.324. The molecular formula is C28H30BrF3N2O3. The van der Waals surface area contributed by atoms with Crippen LogP contribution in [0.4, 0.5) is 18.0 Å². The molecule has 0 unspecified atom stereocenters. The zero-order valence-electron chi connectivity index (χ0n) is 21.1. The van der Waals surface area contributed by atoms with E-state index in [4.69, 9.17) is 9.47 Å². The first-order valence-corrected chi connectivity index (χ1v) is 12.9. The Kier molecular flexibility index (Phi) is 7.85. The maximum atomic E-state index is 13.5. The Morgan fingerprint density at radius 1 is 1.05 bits per heavy atom. The molecule has 9 heteroatoms. The van der Waals surface area contributed by atoms with E-state index in [1.165, 1.54) is 6.07 Å². The van der Waals surface area contributed by atoms with Gasteiger partial charge in [0.25, 0.3) is 0 Å². The summed E-state index contributed by atoms with van der Waals surface area (Å²) in [6.07, 6.45) is -3.41. The number of pyridine rings is 1. The number of alkyl halides is 3. The van der Waals surface area contributed by atoms with Crippen molar-refractivity contribution in [3.8, 4) is 0 Å². The number of hydrogen-bond donors (Lipinski definition) is 0. The quantitative estimate of drug-likeness (QED) is 0.314. The number of piperidine rings is 1. The minimum absolute atomic E-state index is 0.0361. The fraction of sp³-hybridized carbons (Fsp3) is 0.429. The van der Waals surface area contributed by atoms with Gasteiger partial charge in [-0.1, -0.05) is 52.3 Å². The molecule has 2 heterocycles. The topological polar surface area (TPSA) is 51.7 Å². The molecule has 4 rings (SSSR count). The van der Waals surface area contributed by atoms with E-state index < -0.39 is 17.3 Å². The number of ether oxygens (including phenoxy) is 2. The smallest absolute Gasteiger partial charge is 0.417 e. The van der Waals surface area contributed by atoms with Gasteiger partial charge in [-0.25, -0.2) is 4.79 Å². The van der Waals surface area contributed by atoms with Gasteiger partial charge in [0.15, 0.2) is 0 Å². The van der Waals surface area contributed by atoms with Crippen molar-refractivity contribution in [2.24, 2.45) is 0 Å². The van der Waals surface area contributed by atoms with E-state index >= 15 is 0 Å². The molecule has 3 aromatic rings. The van der Waals surface area contributed by atoms with E-state index in [9.17, 15) is 18.0 Å². The largest absolute Gasteiger partial charge is 0.444 e. The highest BCUT2D eigenvalue weighted by Crippen LogP contribution is 2.39. The minimum Gasteiger partial charge on any atom is -0.444 e. The number of rotatable bonds is 5. The van der Waals surface area contributed by atoms with Gasteiger partial charge in [0.2, 0.25) is 0 Å². The van der Waals surface area contributed by atoms with Crippen LogP contribution < -0.4 is 0 Å². The average molecular weight is 579 g/mol. The molecule has 0 saturated carbocycles. The monoisotopic (exact) mass is 578 g/mol. The summed E-state index contributed by atoms with van der Waals surface area (Å²) in [5.74, 6) is 0. The van der Waals surface area contributed by atoms with Crippen molar-refractivity contribution in [2.75, 3.05) is 19.7 Å². The van der Waals surface area contributed by atoms with Crippen molar-refractivity contribution in [3.63, 3.8) is 0 Å². The van der Waals surface area contributed by atoms with Gasteiger partial charge in [-0.05, 0) is 57.4 Å². The van der Waals surface area contributed by atoms with Crippen molar-refractivity contribution in [1.82, 2.24) is 9.88 Å². The van der Waals surface area contributed by atoms with Gasteiger partial charge in [0.1, 0.15) is 5.60 Å². The number of halogens is 4. The van der Waals surface area contributed by atoms with Gasteiger partial charge in [-0.3, -0.25) is 4.98 Å². The lowest BCUT2D eigenvalue weighted by Gasteiger charge is -2.42. The highest BCUT2D eigenvalue weighted by molar-refractivity contribution is 9.10. The maximum Gasteiger partial charge on any atom is 0.417 e. The third-order valence-electron chi connectivity index (χ3n) is 6.53. The van der Waals surface area contributed by atoms with Crippen LogP contribution in [0.5, 0.6) is 0 Å². The van der Waals surface area contributed by atoms with Crippen molar-refractivity contribution >= 4 is 32.9 Å². The number of nitrogens with zero attached hydrogens (tertiary/aromatic N) is 2. The van der Waals surface area contributed by atoms with E-state index in [0.29, 0.717) is 42.7 Å². The van der Waals surface area contributed by atoms with Crippen LogP contribution >= 0.6 is 15.9 Å². The van der Waals surface area contributed by atoms with Crippen LogP contribution in [0, 0.1) is 0 Å². The predicted molar refractivity (Wildman–Crippen MR) is 139 cm³/mol. The summed E-state index contributed by atoms with van der Waals surface area (Å²) >= 11 is 3.30. The van der Waals surface area contributed by atoms with Gasteiger partial charge in [0, 0.05) is 28.4 Å². The summed E-state index contributed by atoms with van der Waals surface area (Å²) in [7, 11) is 0. The zero-order chi connectivity index (χ0) is 26.8. The molecule has 37 heavy (non-hydrogen) atoms. The second kappa shape index (κ2) is 10.6. The molecule has 0 atom stereocenters. The molecule has 0 bridgehead atoms. The summed E-state index contributed by atoms with van der Waals surface area (Å²) in [4.78, 5) is 18.7. The molecule has 1 fully saturated rings. The van der Waals surface area contributed by atoms with Crippen molar-refractivity contribution < 1.29 is 27.4 Å². The van der Waals surface area contributed by atoms with Crippen LogP contribution in [-0.4, -0.2) is 41.3 Å². The van der Waals surface area contributed by atoms with Crippen LogP contribution in [0.2, 0.25) is 0 Å². The Balaban J connectivity index is 1.50. The number of benzene rings is 2. The van der Waals surface area contributed by atoms with Crippen molar-refractivity contribution in [1.29, 1.82) is 0 Å². The summed E-state index contributed by atoms with van der Waals surface area (Å²) in [6, 6.07) is 15.6. The van der Waals surface area contributed by atoms with Crippen molar-refractivity contribution in [2.45, 2.75) is 57.4 Å². The molecule has 0 N–H and O–H groups in total. The fourth-order valence-electron chi connectivity index (χ4n) is 4.70. The second-order valence-corrected chi connectivity index (χ2v) is 11.3. The average Bonchev–Trinajstić information content (AvgIpc) is 2.83. The van der Waals surface area contributed by atoms with Crippen LogP contribution in [0.25, 0.3) is 10.9 Å². The number of hydrogen-bond acceptors (Lipinski definition) is 4. The van der Waals surface area contributed by atoms with Gasteiger partial charge in [-0.2, -0.15) is 13.2 Å². The van der Waals surface area contributed by atoms with Gasteiger partial charge < -0.3 is 14.4 Å². The molecule has 0 aliphatic carbocycles. The van der Waals surface area contributed by atoms with Gasteiger partial charge >= 0.3 is 12.3 Å². The SMILES string of the molecule is CC(C)(C)OC(=O)N1CCC(COCc2cc(Br)c3c(C(F)(F)F)cccc3n2)(c2ccccc2)CC1. The summed E-state index contributed by atoms with van der Waals surface area (Å²) < 4.78 is 52.4. The highest BCUT2D eigenvalue weighted by Gasteiger charge is 2.39. The molecule has 0 radical (unpaired) electrons. The summed E-state index contributed by atoms with van der Waals surface area (Å²) in [5, 5.41) is 0.0361. The van der Waals surface area contributed by atoms with Crippen LogP contribution in [0.15, 0.2) is 59.1 Å². The van der Waals surface area contributed by atoms with E-state index in [1.807, 2.05) is 39.0 Å². The van der Waals surface area contributed by atoms with Crippen LogP contribution in [-0.2, 0) is 27.7 Å². The Labute approximate surface area is 223 Å². The number of fused-ring (bicyclic) bond motifs is 1. The first-order valence-electron chi connectivity index (χ1n) is 12.1. The molecule has 198 valence electrons. The molecule has 5 nitrogen and oxygen atoms in total. The number of carbonyl (C=O) groups is 1. The normalized spacial score (nSPS) is 16.1. The highest BCUT2D eigenvalue weighted by atomic mass is 79.9.